The smallest absolute Gasteiger partial charge is 0.267 e. The van der Waals surface area contributed by atoms with Crippen molar-refractivity contribution in [3.8, 4) is 6.07 Å². The maximum Gasteiger partial charge on any atom is 0.267 e. The summed E-state index contributed by atoms with van der Waals surface area (Å²) >= 11 is 0. The van der Waals surface area contributed by atoms with Gasteiger partial charge in [0.25, 0.3) is 5.91 Å². The van der Waals surface area contributed by atoms with Crippen LogP contribution in [0.25, 0.3) is 0 Å². The molecule has 1 saturated heterocycles. The third-order valence-electron chi connectivity index (χ3n) is 3.58. The molecule has 1 aliphatic rings. The number of halogens is 1. The molecule has 1 aromatic rings. The van der Waals surface area contributed by atoms with Crippen LogP contribution in [-0.2, 0) is 14.6 Å². The van der Waals surface area contributed by atoms with E-state index in [4.69, 9.17) is 5.26 Å². The first kappa shape index (κ1) is 17.0. The molecular formula is C15H16FN3O3S. The highest BCUT2D eigenvalue weighted by molar-refractivity contribution is 7.91. The molecule has 0 saturated carbocycles. The minimum Gasteiger partial charge on any atom is -0.375 e. The second kappa shape index (κ2) is 6.79. The molecule has 1 fully saturated rings. The molecule has 0 aromatic heterocycles. The van der Waals surface area contributed by atoms with Gasteiger partial charge in [0.05, 0.1) is 11.5 Å². The molecule has 122 valence electrons. The number of benzene rings is 1. The van der Waals surface area contributed by atoms with E-state index >= 15 is 0 Å². The van der Waals surface area contributed by atoms with Crippen molar-refractivity contribution in [1.82, 2.24) is 4.90 Å². The Bertz CT molecular complexity index is 766. The number of hydrogen-bond donors (Lipinski definition) is 1. The minimum absolute atomic E-state index is 0.0122. The second-order valence-electron chi connectivity index (χ2n) is 5.34. The van der Waals surface area contributed by atoms with E-state index in [0.717, 1.165) is 0 Å². The van der Waals surface area contributed by atoms with Gasteiger partial charge in [-0.2, -0.15) is 5.26 Å². The van der Waals surface area contributed by atoms with Crippen molar-refractivity contribution in [3.63, 3.8) is 0 Å². The lowest BCUT2D eigenvalue weighted by molar-refractivity contribution is -0.112. The average Bonchev–Trinajstić information content (AvgIpc) is 2.87. The summed E-state index contributed by atoms with van der Waals surface area (Å²) in [6.45, 7) is 0. The SMILES string of the molecule is CN(/C=C(/C#N)C(=O)Nc1ccc(F)cc1)C1CCS(=O)(=O)C1. The molecule has 8 heteroatoms. The van der Waals surface area contributed by atoms with Crippen molar-refractivity contribution in [1.29, 1.82) is 5.26 Å². The molecule has 0 spiro atoms. The standard InChI is InChI=1S/C15H16FN3O3S/c1-19(14-6-7-23(21,22)10-14)9-11(8-17)15(20)18-13-4-2-12(16)3-5-13/h2-5,9,14H,6-7,10H2,1H3,(H,18,20)/b11-9-. The number of amides is 1. The van der Waals surface area contributed by atoms with Gasteiger partial charge in [0.1, 0.15) is 17.5 Å². The normalized spacial score (nSPS) is 19.9. The highest BCUT2D eigenvalue weighted by atomic mass is 32.2. The molecule has 2 rings (SSSR count). The fourth-order valence-corrected chi connectivity index (χ4v) is 4.06. The first-order valence-electron chi connectivity index (χ1n) is 6.92. The van der Waals surface area contributed by atoms with Crippen LogP contribution < -0.4 is 5.32 Å². The number of carbonyl (C=O) groups excluding carboxylic acids is 1. The van der Waals surface area contributed by atoms with Crippen LogP contribution in [-0.4, -0.2) is 43.8 Å². The van der Waals surface area contributed by atoms with Crippen molar-refractivity contribution in [2.45, 2.75) is 12.5 Å². The summed E-state index contributed by atoms with van der Waals surface area (Å²) in [6, 6.07) is 6.70. The summed E-state index contributed by atoms with van der Waals surface area (Å²) in [5.41, 5.74) is 0.213. The largest absolute Gasteiger partial charge is 0.375 e. The number of hydrogen-bond acceptors (Lipinski definition) is 5. The van der Waals surface area contributed by atoms with Crippen LogP contribution in [0.4, 0.5) is 10.1 Å². The molecular weight excluding hydrogens is 321 g/mol. The lowest BCUT2D eigenvalue weighted by atomic mass is 10.2. The van der Waals surface area contributed by atoms with Gasteiger partial charge < -0.3 is 10.2 Å². The second-order valence-corrected chi connectivity index (χ2v) is 7.57. The maximum absolute atomic E-state index is 12.8. The van der Waals surface area contributed by atoms with E-state index < -0.39 is 21.6 Å². The molecule has 1 aromatic carbocycles. The molecule has 0 radical (unpaired) electrons. The van der Waals surface area contributed by atoms with Gasteiger partial charge in [-0.15, -0.1) is 0 Å². The zero-order valence-corrected chi connectivity index (χ0v) is 13.3. The Morgan fingerprint density at radius 1 is 1.43 bits per heavy atom. The number of rotatable bonds is 4. The zero-order valence-electron chi connectivity index (χ0n) is 12.5. The molecule has 6 nitrogen and oxygen atoms in total. The Morgan fingerprint density at radius 2 is 2.09 bits per heavy atom. The molecule has 0 bridgehead atoms. The van der Waals surface area contributed by atoms with Crippen LogP contribution in [0, 0.1) is 17.1 Å². The third-order valence-corrected chi connectivity index (χ3v) is 5.33. The number of anilines is 1. The molecule has 1 aliphatic heterocycles. The van der Waals surface area contributed by atoms with Gasteiger partial charge in [-0.05, 0) is 30.7 Å². The van der Waals surface area contributed by atoms with Gasteiger partial charge in [0.2, 0.25) is 0 Å². The monoisotopic (exact) mass is 337 g/mol. The number of nitriles is 1. The summed E-state index contributed by atoms with van der Waals surface area (Å²) in [7, 11) is -1.41. The van der Waals surface area contributed by atoms with Gasteiger partial charge in [-0.1, -0.05) is 0 Å². The van der Waals surface area contributed by atoms with E-state index in [1.54, 1.807) is 18.0 Å². The predicted octanol–water partition coefficient (Wildman–Crippen LogP) is 1.29. The van der Waals surface area contributed by atoms with E-state index in [1.807, 2.05) is 0 Å². The molecule has 1 unspecified atom stereocenters. The first-order chi connectivity index (χ1) is 10.8. The highest BCUT2D eigenvalue weighted by Crippen LogP contribution is 2.18. The Kier molecular flexibility index (Phi) is 5.01. The van der Waals surface area contributed by atoms with E-state index in [-0.39, 0.29) is 23.1 Å². The van der Waals surface area contributed by atoms with E-state index in [2.05, 4.69) is 5.32 Å². The lowest BCUT2D eigenvalue weighted by Gasteiger charge is -2.21. The number of sulfone groups is 1. The van der Waals surface area contributed by atoms with Gasteiger partial charge in [-0.25, -0.2) is 12.8 Å². The van der Waals surface area contributed by atoms with Crippen LogP contribution in [0.1, 0.15) is 6.42 Å². The predicted molar refractivity (Wildman–Crippen MR) is 83.5 cm³/mol. The van der Waals surface area contributed by atoms with Gasteiger partial charge in [-0.3, -0.25) is 4.79 Å². The first-order valence-corrected chi connectivity index (χ1v) is 8.74. The molecule has 0 aliphatic carbocycles. The Hall–Kier alpha value is -2.40. The number of nitrogens with one attached hydrogen (secondary N) is 1. The average molecular weight is 337 g/mol. The summed E-state index contributed by atoms with van der Waals surface area (Å²) in [4.78, 5) is 13.6. The molecule has 23 heavy (non-hydrogen) atoms. The molecule has 1 N–H and O–H groups in total. The van der Waals surface area contributed by atoms with Crippen molar-refractivity contribution in [2.75, 3.05) is 23.9 Å². The van der Waals surface area contributed by atoms with Crippen molar-refractivity contribution < 1.29 is 17.6 Å². The van der Waals surface area contributed by atoms with Gasteiger partial charge in [0.15, 0.2) is 9.84 Å². The van der Waals surface area contributed by atoms with E-state index in [1.165, 1.54) is 30.5 Å². The molecule has 1 amide bonds. The number of nitrogens with zero attached hydrogens (tertiary/aromatic N) is 2. The Morgan fingerprint density at radius 3 is 2.61 bits per heavy atom. The summed E-state index contributed by atoms with van der Waals surface area (Å²) in [5, 5.41) is 11.6. The third kappa shape index (κ3) is 4.53. The summed E-state index contributed by atoms with van der Waals surface area (Å²) in [6.07, 6.45) is 1.80. The summed E-state index contributed by atoms with van der Waals surface area (Å²) < 4.78 is 35.8. The van der Waals surface area contributed by atoms with Gasteiger partial charge in [0, 0.05) is 25.0 Å². The van der Waals surface area contributed by atoms with Crippen LogP contribution in [0.3, 0.4) is 0 Å². The fraction of sp³-hybridized carbons (Fsp3) is 0.333. The zero-order chi connectivity index (χ0) is 17.0. The van der Waals surface area contributed by atoms with Crippen molar-refractivity contribution >= 4 is 21.4 Å². The van der Waals surface area contributed by atoms with Crippen molar-refractivity contribution in [2.24, 2.45) is 0 Å². The lowest BCUT2D eigenvalue weighted by Crippen LogP contribution is -2.29. The van der Waals surface area contributed by atoms with Crippen LogP contribution in [0.5, 0.6) is 0 Å². The minimum atomic E-state index is -3.05. The highest BCUT2D eigenvalue weighted by Gasteiger charge is 2.30. The van der Waals surface area contributed by atoms with E-state index in [0.29, 0.717) is 12.1 Å². The quantitative estimate of drug-likeness (QED) is 0.660. The molecule has 1 atom stereocenters. The Balaban J connectivity index is 2.07. The van der Waals surface area contributed by atoms with Crippen LogP contribution in [0.2, 0.25) is 0 Å². The summed E-state index contributed by atoms with van der Waals surface area (Å²) in [5.74, 6) is -0.939. The Labute approximate surface area is 134 Å². The van der Waals surface area contributed by atoms with E-state index in [9.17, 15) is 17.6 Å². The maximum atomic E-state index is 12.8. The van der Waals surface area contributed by atoms with Crippen LogP contribution >= 0.6 is 0 Å². The number of carbonyl (C=O) groups is 1. The molecule has 1 heterocycles. The van der Waals surface area contributed by atoms with Crippen molar-refractivity contribution in [3.05, 3.63) is 41.9 Å². The van der Waals surface area contributed by atoms with Crippen LogP contribution in [0.15, 0.2) is 36.0 Å². The van der Waals surface area contributed by atoms with Gasteiger partial charge >= 0.3 is 0 Å². The fourth-order valence-electron chi connectivity index (χ4n) is 2.28. The topological polar surface area (TPSA) is 90.3 Å².